The molecular formula is C14H15BrClN3O. The zero-order chi connectivity index (χ0) is 14.7. The van der Waals surface area contributed by atoms with Gasteiger partial charge in [-0.25, -0.2) is 0 Å². The van der Waals surface area contributed by atoms with Gasteiger partial charge in [0.05, 0.1) is 17.2 Å². The van der Waals surface area contributed by atoms with Crippen molar-refractivity contribution in [1.29, 1.82) is 0 Å². The van der Waals surface area contributed by atoms with Gasteiger partial charge in [0.15, 0.2) is 0 Å². The first kappa shape index (κ1) is 15.1. The maximum absolute atomic E-state index is 12.0. The first-order chi connectivity index (χ1) is 9.49. The zero-order valence-corrected chi connectivity index (χ0v) is 13.6. The van der Waals surface area contributed by atoms with Crippen LogP contribution in [0.15, 0.2) is 28.9 Å². The Balaban J connectivity index is 1.96. The van der Waals surface area contributed by atoms with Gasteiger partial charge in [-0.05, 0) is 47.5 Å². The molecule has 0 bridgehead atoms. The van der Waals surface area contributed by atoms with E-state index in [1.54, 1.807) is 16.9 Å². The number of nitrogens with zero attached hydrogens (tertiary/aromatic N) is 2. The molecule has 1 aromatic heterocycles. The average molecular weight is 357 g/mol. The first-order valence-electron chi connectivity index (χ1n) is 6.22. The highest BCUT2D eigenvalue weighted by Gasteiger charge is 2.09. The summed E-state index contributed by atoms with van der Waals surface area (Å²) in [5.74, 6) is -0.0543. The summed E-state index contributed by atoms with van der Waals surface area (Å²) in [4.78, 5) is 12.0. The molecule has 106 valence electrons. The molecule has 2 rings (SSSR count). The predicted octanol–water partition coefficient (Wildman–Crippen LogP) is 3.94. The fourth-order valence-corrected chi connectivity index (χ4v) is 2.28. The summed E-state index contributed by atoms with van der Waals surface area (Å²) >= 11 is 9.42. The molecule has 6 heteroatoms. The van der Waals surface area contributed by atoms with Crippen molar-refractivity contribution in [1.82, 2.24) is 9.78 Å². The number of carbonyl (C=O) groups excluding carboxylic acids is 1. The monoisotopic (exact) mass is 355 g/mol. The van der Waals surface area contributed by atoms with Gasteiger partial charge in [0.2, 0.25) is 5.91 Å². The first-order valence-corrected chi connectivity index (χ1v) is 7.39. The van der Waals surface area contributed by atoms with E-state index in [0.29, 0.717) is 18.0 Å². The quantitative estimate of drug-likeness (QED) is 0.902. The van der Waals surface area contributed by atoms with Crippen molar-refractivity contribution in [2.24, 2.45) is 0 Å². The number of anilines is 1. The molecule has 0 saturated heterocycles. The van der Waals surface area contributed by atoms with E-state index in [-0.39, 0.29) is 5.91 Å². The molecule has 0 aliphatic heterocycles. The van der Waals surface area contributed by atoms with Crippen molar-refractivity contribution in [2.45, 2.75) is 26.8 Å². The Morgan fingerprint density at radius 2 is 2.20 bits per heavy atom. The summed E-state index contributed by atoms with van der Waals surface area (Å²) in [6, 6.07) is 5.46. The molecule has 20 heavy (non-hydrogen) atoms. The minimum Gasteiger partial charge on any atom is -0.326 e. The number of benzene rings is 1. The van der Waals surface area contributed by atoms with Crippen molar-refractivity contribution in [3.8, 4) is 0 Å². The molecule has 0 saturated carbocycles. The smallest absolute Gasteiger partial charge is 0.226 e. The molecule has 0 aliphatic rings. The zero-order valence-electron chi connectivity index (χ0n) is 11.3. The third-order valence-electron chi connectivity index (χ3n) is 3.14. The third-order valence-corrected chi connectivity index (χ3v) is 4.32. The van der Waals surface area contributed by atoms with Gasteiger partial charge in [-0.15, -0.1) is 0 Å². The fourth-order valence-electron chi connectivity index (χ4n) is 1.81. The van der Waals surface area contributed by atoms with Gasteiger partial charge in [-0.3, -0.25) is 9.48 Å². The minimum absolute atomic E-state index is 0.0543. The van der Waals surface area contributed by atoms with Crippen LogP contribution in [-0.2, 0) is 11.3 Å². The maximum Gasteiger partial charge on any atom is 0.226 e. The van der Waals surface area contributed by atoms with E-state index in [0.717, 1.165) is 21.4 Å². The van der Waals surface area contributed by atoms with E-state index in [2.05, 4.69) is 26.3 Å². The number of aromatic nitrogens is 2. The van der Waals surface area contributed by atoms with Crippen LogP contribution in [-0.4, -0.2) is 15.7 Å². The molecule has 0 spiro atoms. The molecule has 0 fully saturated rings. The largest absolute Gasteiger partial charge is 0.326 e. The molecule has 0 aliphatic carbocycles. The van der Waals surface area contributed by atoms with Gasteiger partial charge in [0.1, 0.15) is 0 Å². The topological polar surface area (TPSA) is 46.9 Å². The van der Waals surface area contributed by atoms with Crippen molar-refractivity contribution < 1.29 is 4.79 Å². The molecule has 0 unspecified atom stereocenters. The number of amides is 1. The highest BCUT2D eigenvalue weighted by atomic mass is 79.9. The second kappa shape index (κ2) is 6.41. The number of carbonyl (C=O) groups is 1. The van der Waals surface area contributed by atoms with Crippen LogP contribution in [0.25, 0.3) is 0 Å². The van der Waals surface area contributed by atoms with Crippen molar-refractivity contribution in [3.63, 3.8) is 0 Å². The Kier molecular flexibility index (Phi) is 4.83. The van der Waals surface area contributed by atoms with Crippen LogP contribution < -0.4 is 5.32 Å². The van der Waals surface area contributed by atoms with E-state index < -0.39 is 0 Å². The molecule has 0 atom stereocenters. The van der Waals surface area contributed by atoms with Crippen LogP contribution in [0.1, 0.15) is 17.7 Å². The molecule has 1 aromatic carbocycles. The highest BCUT2D eigenvalue weighted by molar-refractivity contribution is 9.10. The summed E-state index contributed by atoms with van der Waals surface area (Å²) in [5, 5.41) is 7.71. The Bertz CT molecular complexity index is 639. The molecule has 2 aromatic rings. The van der Waals surface area contributed by atoms with E-state index >= 15 is 0 Å². The van der Waals surface area contributed by atoms with Gasteiger partial charge < -0.3 is 5.32 Å². The molecular weight excluding hydrogens is 342 g/mol. The van der Waals surface area contributed by atoms with Gasteiger partial charge in [-0.1, -0.05) is 17.7 Å². The third kappa shape index (κ3) is 3.41. The highest BCUT2D eigenvalue weighted by Crippen LogP contribution is 2.23. The molecule has 4 nitrogen and oxygen atoms in total. The van der Waals surface area contributed by atoms with E-state index in [1.807, 2.05) is 26.0 Å². The standard InChI is InChI=1S/C14H15BrClN3O/c1-9-12(16)4-3-5-13(9)18-14(20)6-7-19-10(2)11(15)8-17-19/h3-5,8H,6-7H2,1-2H3,(H,18,20). The van der Waals surface area contributed by atoms with Crippen LogP contribution in [0.3, 0.4) is 0 Å². The number of hydrogen-bond acceptors (Lipinski definition) is 2. The molecule has 1 heterocycles. The lowest BCUT2D eigenvalue weighted by Gasteiger charge is -2.10. The second-order valence-corrected chi connectivity index (χ2v) is 5.77. The summed E-state index contributed by atoms with van der Waals surface area (Å²) in [6.45, 7) is 4.38. The number of aryl methyl sites for hydroxylation is 1. The van der Waals surface area contributed by atoms with Crippen LogP contribution in [0, 0.1) is 13.8 Å². The summed E-state index contributed by atoms with van der Waals surface area (Å²) < 4.78 is 2.75. The lowest BCUT2D eigenvalue weighted by atomic mass is 10.2. The Labute approximate surface area is 131 Å². The maximum atomic E-state index is 12.0. The Morgan fingerprint density at radius 1 is 1.45 bits per heavy atom. The van der Waals surface area contributed by atoms with E-state index in [9.17, 15) is 4.79 Å². The summed E-state index contributed by atoms with van der Waals surface area (Å²) in [5.41, 5.74) is 2.64. The van der Waals surface area contributed by atoms with E-state index in [1.165, 1.54) is 0 Å². The summed E-state index contributed by atoms with van der Waals surface area (Å²) in [7, 11) is 0. The van der Waals surface area contributed by atoms with Gasteiger partial charge in [-0.2, -0.15) is 5.10 Å². The lowest BCUT2D eigenvalue weighted by Crippen LogP contribution is -2.16. The van der Waals surface area contributed by atoms with E-state index in [4.69, 9.17) is 11.6 Å². The molecule has 0 radical (unpaired) electrons. The van der Waals surface area contributed by atoms with Crippen LogP contribution in [0.5, 0.6) is 0 Å². The summed E-state index contributed by atoms with van der Waals surface area (Å²) in [6.07, 6.45) is 2.09. The van der Waals surface area contributed by atoms with Crippen LogP contribution in [0.2, 0.25) is 5.02 Å². The molecule has 1 amide bonds. The Morgan fingerprint density at radius 3 is 2.85 bits per heavy atom. The molecule has 1 N–H and O–H groups in total. The number of halogens is 2. The van der Waals surface area contributed by atoms with Crippen molar-refractivity contribution >= 4 is 39.1 Å². The van der Waals surface area contributed by atoms with Crippen LogP contribution in [0.4, 0.5) is 5.69 Å². The average Bonchev–Trinajstić information content (AvgIpc) is 2.73. The van der Waals surface area contributed by atoms with Gasteiger partial charge in [0.25, 0.3) is 0 Å². The predicted molar refractivity (Wildman–Crippen MR) is 84.1 cm³/mol. The Hall–Kier alpha value is -1.33. The minimum atomic E-state index is -0.0543. The normalized spacial score (nSPS) is 10.6. The number of nitrogens with one attached hydrogen (secondary N) is 1. The van der Waals surface area contributed by atoms with Gasteiger partial charge in [0, 0.05) is 22.8 Å². The number of hydrogen-bond donors (Lipinski definition) is 1. The lowest BCUT2D eigenvalue weighted by molar-refractivity contribution is -0.116. The second-order valence-electron chi connectivity index (χ2n) is 4.51. The fraction of sp³-hybridized carbons (Fsp3) is 0.286. The van der Waals surface area contributed by atoms with Crippen molar-refractivity contribution in [2.75, 3.05) is 5.32 Å². The SMILES string of the molecule is Cc1c(Cl)cccc1NC(=O)CCn1ncc(Br)c1C. The van der Waals surface area contributed by atoms with Crippen LogP contribution >= 0.6 is 27.5 Å². The van der Waals surface area contributed by atoms with Crippen molar-refractivity contribution in [3.05, 3.63) is 45.1 Å². The van der Waals surface area contributed by atoms with Gasteiger partial charge >= 0.3 is 0 Å². The number of rotatable bonds is 4.